The highest BCUT2D eigenvalue weighted by molar-refractivity contribution is 6.30. The van der Waals surface area contributed by atoms with Gasteiger partial charge in [0.1, 0.15) is 0 Å². The number of rotatable bonds is 7. The molecular formula is C15H21ClN2O. The van der Waals surface area contributed by atoms with E-state index in [4.69, 9.17) is 17.3 Å². The van der Waals surface area contributed by atoms with Gasteiger partial charge in [0.15, 0.2) is 0 Å². The zero-order chi connectivity index (χ0) is 13.7. The van der Waals surface area contributed by atoms with Crippen LogP contribution in [0.4, 0.5) is 0 Å². The van der Waals surface area contributed by atoms with E-state index in [0.717, 1.165) is 24.4 Å². The summed E-state index contributed by atoms with van der Waals surface area (Å²) in [7, 11) is 0. The fourth-order valence-corrected chi connectivity index (χ4v) is 2.65. The number of benzene rings is 1. The van der Waals surface area contributed by atoms with E-state index >= 15 is 0 Å². The summed E-state index contributed by atoms with van der Waals surface area (Å²) in [4.78, 5) is 10.6. The van der Waals surface area contributed by atoms with E-state index in [1.165, 1.54) is 18.4 Å². The van der Waals surface area contributed by atoms with Crippen molar-refractivity contribution in [3.05, 3.63) is 34.9 Å². The van der Waals surface area contributed by atoms with Crippen molar-refractivity contribution in [2.75, 3.05) is 6.54 Å². The lowest BCUT2D eigenvalue weighted by Crippen LogP contribution is -2.40. The molecule has 0 aliphatic heterocycles. The molecule has 3 N–H and O–H groups in total. The third-order valence-corrected chi connectivity index (χ3v) is 4.01. The first-order valence-electron chi connectivity index (χ1n) is 6.92. The predicted octanol–water partition coefficient (Wildman–Crippen LogP) is 2.83. The molecule has 104 valence electrons. The summed E-state index contributed by atoms with van der Waals surface area (Å²) in [5.74, 6) is 0.465. The van der Waals surface area contributed by atoms with E-state index in [2.05, 4.69) is 17.4 Å². The maximum absolute atomic E-state index is 10.6. The number of halogens is 1. The van der Waals surface area contributed by atoms with E-state index < -0.39 is 0 Å². The number of carbonyl (C=O) groups excluding carboxylic acids is 1. The van der Waals surface area contributed by atoms with Gasteiger partial charge in [0.25, 0.3) is 0 Å². The molecule has 0 saturated heterocycles. The Kier molecular flexibility index (Phi) is 5.23. The molecule has 0 aromatic heterocycles. The lowest BCUT2D eigenvalue weighted by Gasteiger charge is -2.36. The Labute approximate surface area is 119 Å². The first kappa shape index (κ1) is 14.4. The predicted molar refractivity (Wildman–Crippen MR) is 78.3 cm³/mol. The second-order valence-corrected chi connectivity index (χ2v) is 5.73. The van der Waals surface area contributed by atoms with E-state index in [1.54, 1.807) is 0 Å². The van der Waals surface area contributed by atoms with Crippen LogP contribution in [-0.4, -0.2) is 18.5 Å². The first-order chi connectivity index (χ1) is 9.15. The highest BCUT2D eigenvalue weighted by Crippen LogP contribution is 2.37. The molecule has 1 aromatic rings. The summed E-state index contributed by atoms with van der Waals surface area (Å²) >= 11 is 5.88. The standard InChI is InChI=1S/C15H21ClN2O/c16-13-6-4-11(5-7-13)12-9-14(10-12)18-8-2-1-3-15(17)19/h4-7,12,14,18H,1-3,8-10H2,(H2,17,19). The van der Waals surface area contributed by atoms with E-state index in [1.807, 2.05) is 12.1 Å². The average molecular weight is 281 g/mol. The fourth-order valence-electron chi connectivity index (χ4n) is 2.52. The van der Waals surface area contributed by atoms with Gasteiger partial charge in [-0.15, -0.1) is 0 Å². The number of unbranched alkanes of at least 4 members (excludes halogenated alkanes) is 1. The molecular weight excluding hydrogens is 260 g/mol. The van der Waals surface area contributed by atoms with Crippen LogP contribution >= 0.6 is 11.6 Å². The van der Waals surface area contributed by atoms with E-state index in [0.29, 0.717) is 18.4 Å². The van der Waals surface area contributed by atoms with Gasteiger partial charge in [-0.25, -0.2) is 0 Å². The largest absolute Gasteiger partial charge is 0.370 e. The van der Waals surface area contributed by atoms with Crippen LogP contribution in [0.25, 0.3) is 0 Å². The summed E-state index contributed by atoms with van der Waals surface area (Å²) in [6.45, 7) is 0.977. The summed E-state index contributed by atoms with van der Waals surface area (Å²) in [5, 5.41) is 4.32. The van der Waals surface area contributed by atoms with Crippen LogP contribution in [0.3, 0.4) is 0 Å². The number of amides is 1. The molecule has 1 aliphatic carbocycles. The Morgan fingerprint density at radius 3 is 2.58 bits per heavy atom. The van der Waals surface area contributed by atoms with Gasteiger partial charge < -0.3 is 11.1 Å². The lowest BCUT2D eigenvalue weighted by atomic mass is 9.76. The molecule has 2 rings (SSSR count). The van der Waals surface area contributed by atoms with Crippen molar-refractivity contribution in [1.82, 2.24) is 5.32 Å². The summed E-state index contributed by atoms with van der Waals surface area (Å²) < 4.78 is 0. The van der Waals surface area contributed by atoms with Gasteiger partial charge in [0.05, 0.1) is 0 Å². The van der Waals surface area contributed by atoms with Crippen molar-refractivity contribution >= 4 is 17.5 Å². The van der Waals surface area contributed by atoms with Crippen LogP contribution in [-0.2, 0) is 4.79 Å². The smallest absolute Gasteiger partial charge is 0.217 e. The highest BCUT2D eigenvalue weighted by Gasteiger charge is 2.29. The lowest BCUT2D eigenvalue weighted by molar-refractivity contribution is -0.118. The Morgan fingerprint density at radius 1 is 1.26 bits per heavy atom. The zero-order valence-electron chi connectivity index (χ0n) is 11.1. The molecule has 0 atom stereocenters. The van der Waals surface area contributed by atoms with Crippen molar-refractivity contribution in [3.63, 3.8) is 0 Å². The third-order valence-electron chi connectivity index (χ3n) is 3.76. The molecule has 0 spiro atoms. The average Bonchev–Trinajstić information content (AvgIpc) is 2.32. The fraction of sp³-hybridized carbons (Fsp3) is 0.533. The maximum Gasteiger partial charge on any atom is 0.217 e. The molecule has 0 unspecified atom stereocenters. The van der Waals surface area contributed by atoms with Crippen LogP contribution in [0.5, 0.6) is 0 Å². The van der Waals surface area contributed by atoms with Crippen molar-refractivity contribution in [2.24, 2.45) is 5.73 Å². The number of nitrogens with one attached hydrogen (secondary N) is 1. The van der Waals surface area contributed by atoms with Crippen LogP contribution in [0.15, 0.2) is 24.3 Å². The molecule has 4 heteroatoms. The van der Waals surface area contributed by atoms with Gasteiger partial charge in [-0.2, -0.15) is 0 Å². The molecule has 1 aromatic carbocycles. The SMILES string of the molecule is NC(=O)CCCCNC1CC(c2ccc(Cl)cc2)C1. The Bertz CT molecular complexity index is 413. The van der Waals surface area contributed by atoms with Gasteiger partial charge >= 0.3 is 0 Å². The second kappa shape index (κ2) is 6.92. The molecule has 0 heterocycles. The molecule has 0 bridgehead atoms. The molecule has 19 heavy (non-hydrogen) atoms. The van der Waals surface area contributed by atoms with Crippen LogP contribution in [0, 0.1) is 0 Å². The van der Waals surface area contributed by atoms with Crippen molar-refractivity contribution < 1.29 is 4.79 Å². The number of nitrogens with two attached hydrogens (primary N) is 1. The Balaban J connectivity index is 1.59. The molecule has 1 fully saturated rings. The maximum atomic E-state index is 10.6. The van der Waals surface area contributed by atoms with Gasteiger partial charge in [-0.05, 0) is 55.8 Å². The number of hydrogen-bond acceptors (Lipinski definition) is 2. The molecule has 1 amide bonds. The van der Waals surface area contributed by atoms with Gasteiger partial charge in [-0.1, -0.05) is 23.7 Å². The Hall–Kier alpha value is -1.06. The number of carbonyl (C=O) groups is 1. The monoisotopic (exact) mass is 280 g/mol. The zero-order valence-corrected chi connectivity index (χ0v) is 11.8. The quantitative estimate of drug-likeness (QED) is 0.755. The Morgan fingerprint density at radius 2 is 1.95 bits per heavy atom. The van der Waals surface area contributed by atoms with Crippen LogP contribution < -0.4 is 11.1 Å². The topological polar surface area (TPSA) is 55.1 Å². The van der Waals surface area contributed by atoms with Crippen LogP contribution in [0.2, 0.25) is 5.02 Å². The second-order valence-electron chi connectivity index (χ2n) is 5.29. The third kappa shape index (κ3) is 4.51. The summed E-state index contributed by atoms with van der Waals surface area (Å²) in [6.07, 6.45) is 4.79. The minimum Gasteiger partial charge on any atom is -0.370 e. The van der Waals surface area contributed by atoms with Gasteiger partial charge in [0.2, 0.25) is 5.91 Å². The first-order valence-corrected chi connectivity index (χ1v) is 7.30. The van der Waals surface area contributed by atoms with Crippen LogP contribution in [0.1, 0.15) is 43.6 Å². The van der Waals surface area contributed by atoms with Crippen molar-refractivity contribution in [1.29, 1.82) is 0 Å². The van der Waals surface area contributed by atoms with E-state index in [9.17, 15) is 4.79 Å². The molecule has 1 saturated carbocycles. The molecule has 0 radical (unpaired) electrons. The highest BCUT2D eigenvalue weighted by atomic mass is 35.5. The summed E-state index contributed by atoms with van der Waals surface area (Å²) in [6, 6.07) is 8.78. The number of primary amides is 1. The minimum absolute atomic E-state index is 0.202. The van der Waals surface area contributed by atoms with E-state index in [-0.39, 0.29) is 5.91 Å². The van der Waals surface area contributed by atoms with Crippen molar-refractivity contribution in [3.8, 4) is 0 Å². The molecule has 1 aliphatic rings. The minimum atomic E-state index is -0.202. The number of hydrogen-bond donors (Lipinski definition) is 2. The van der Waals surface area contributed by atoms with Crippen molar-refractivity contribution in [2.45, 2.75) is 44.1 Å². The normalized spacial score (nSPS) is 21.9. The molecule has 3 nitrogen and oxygen atoms in total. The summed E-state index contributed by atoms with van der Waals surface area (Å²) in [5.41, 5.74) is 6.48. The van der Waals surface area contributed by atoms with Gasteiger partial charge in [0, 0.05) is 17.5 Å². The van der Waals surface area contributed by atoms with Gasteiger partial charge in [-0.3, -0.25) is 4.79 Å².